The highest BCUT2D eigenvalue weighted by Crippen LogP contribution is 2.39. The van der Waals surface area contributed by atoms with E-state index in [0.29, 0.717) is 29.6 Å². The number of aromatic nitrogens is 1. The zero-order valence-electron chi connectivity index (χ0n) is 13.2. The van der Waals surface area contributed by atoms with Crippen molar-refractivity contribution in [1.82, 2.24) is 4.98 Å². The van der Waals surface area contributed by atoms with Crippen LogP contribution in [0.2, 0.25) is 0 Å². The molecule has 0 unspecified atom stereocenters. The molecular weight excluding hydrogens is 308 g/mol. The van der Waals surface area contributed by atoms with Crippen molar-refractivity contribution in [1.29, 1.82) is 0 Å². The number of oxazole rings is 1. The molecule has 1 aliphatic heterocycles. The van der Waals surface area contributed by atoms with Crippen molar-refractivity contribution in [3.05, 3.63) is 42.1 Å². The highest BCUT2D eigenvalue weighted by atomic mass is 16.4. The molecule has 1 saturated carbocycles. The molecule has 1 aromatic carbocycles. The predicted molar refractivity (Wildman–Crippen MR) is 88.1 cm³/mol. The van der Waals surface area contributed by atoms with Gasteiger partial charge in [0.1, 0.15) is 0 Å². The normalized spacial score (nSPS) is 17.1. The summed E-state index contributed by atoms with van der Waals surface area (Å²) in [5.41, 5.74) is 1.95. The van der Waals surface area contributed by atoms with Gasteiger partial charge in [-0.05, 0) is 38.0 Å². The van der Waals surface area contributed by atoms with Crippen molar-refractivity contribution < 1.29 is 14.0 Å². The second-order valence-electron chi connectivity index (χ2n) is 6.06. The highest BCUT2D eigenvalue weighted by molar-refractivity contribution is 6.12. The summed E-state index contributed by atoms with van der Waals surface area (Å²) >= 11 is 0. The molecule has 2 aliphatic rings. The molecule has 7 nitrogen and oxygen atoms in total. The largest absolute Gasteiger partial charge is 0.435 e. The number of carbonyl (C=O) groups excluding carboxylic acids is 2. The molecule has 0 radical (unpaired) electrons. The van der Waals surface area contributed by atoms with Crippen molar-refractivity contribution in [3.63, 3.8) is 0 Å². The maximum absolute atomic E-state index is 12.3. The van der Waals surface area contributed by atoms with Gasteiger partial charge in [0.25, 0.3) is 11.8 Å². The molecule has 0 atom stereocenters. The van der Waals surface area contributed by atoms with Gasteiger partial charge in [0.2, 0.25) is 5.76 Å². The van der Waals surface area contributed by atoms with Crippen LogP contribution in [0.4, 0.5) is 11.4 Å². The number of hydrogen-bond donors (Lipinski definition) is 1. The number of carbonyl (C=O) groups is 2. The molecule has 1 aliphatic carbocycles. The minimum absolute atomic E-state index is 0.0831. The summed E-state index contributed by atoms with van der Waals surface area (Å²) in [7, 11) is 0. The molecule has 4 rings (SSSR count). The molecule has 0 saturated heterocycles. The van der Waals surface area contributed by atoms with Crippen LogP contribution in [0, 0.1) is 0 Å². The molecule has 2 heterocycles. The number of hydrogen-bond acceptors (Lipinski definition) is 5. The van der Waals surface area contributed by atoms with Gasteiger partial charge < -0.3 is 9.73 Å². The lowest BCUT2D eigenvalue weighted by Crippen LogP contribution is -2.20. The quantitative estimate of drug-likeness (QED) is 0.936. The fourth-order valence-corrected chi connectivity index (χ4v) is 2.58. The summed E-state index contributed by atoms with van der Waals surface area (Å²) in [5, 5.41) is 8.32. The summed E-state index contributed by atoms with van der Waals surface area (Å²) in [6.07, 6.45) is 3.89. The van der Waals surface area contributed by atoms with E-state index in [1.54, 1.807) is 24.3 Å². The molecule has 1 N–H and O–H groups in total. The second kappa shape index (κ2) is 5.59. The van der Waals surface area contributed by atoms with Gasteiger partial charge in [-0.1, -0.05) is 6.07 Å². The van der Waals surface area contributed by atoms with E-state index in [1.807, 2.05) is 6.92 Å². The number of benzene rings is 1. The Labute approximate surface area is 138 Å². The lowest BCUT2D eigenvalue weighted by molar-refractivity contribution is -0.116. The zero-order valence-corrected chi connectivity index (χ0v) is 13.2. The van der Waals surface area contributed by atoms with Crippen LogP contribution in [0.15, 0.2) is 40.0 Å². The van der Waals surface area contributed by atoms with E-state index in [4.69, 9.17) is 4.42 Å². The molecule has 7 heteroatoms. The first-order chi connectivity index (χ1) is 11.6. The lowest BCUT2D eigenvalue weighted by Gasteiger charge is -2.13. The third kappa shape index (κ3) is 2.80. The number of anilines is 2. The summed E-state index contributed by atoms with van der Waals surface area (Å²) in [5.74, 6) is 0.728. The molecule has 1 fully saturated rings. The molecule has 0 bridgehead atoms. The van der Waals surface area contributed by atoms with E-state index in [9.17, 15) is 9.59 Å². The van der Waals surface area contributed by atoms with Crippen molar-refractivity contribution in [2.75, 3.05) is 10.3 Å². The molecule has 122 valence electrons. The van der Waals surface area contributed by atoms with Gasteiger partial charge in [0.05, 0.1) is 18.3 Å². The number of hydrazone groups is 1. The Kier molecular flexibility index (Phi) is 3.41. The van der Waals surface area contributed by atoms with Gasteiger partial charge in [0, 0.05) is 17.3 Å². The van der Waals surface area contributed by atoms with Crippen molar-refractivity contribution >= 4 is 28.9 Å². The van der Waals surface area contributed by atoms with E-state index >= 15 is 0 Å². The molecule has 0 spiro atoms. The maximum Gasteiger partial charge on any atom is 0.293 e. The fourth-order valence-electron chi connectivity index (χ4n) is 2.58. The van der Waals surface area contributed by atoms with Crippen molar-refractivity contribution in [3.8, 4) is 0 Å². The van der Waals surface area contributed by atoms with E-state index in [1.165, 1.54) is 11.2 Å². The van der Waals surface area contributed by atoms with Crippen molar-refractivity contribution in [2.45, 2.75) is 32.1 Å². The van der Waals surface area contributed by atoms with Crippen LogP contribution in [0.25, 0.3) is 0 Å². The average Bonchev–Trinajstić information content (AvgIpc) is 3.18. The molecule has 1 aromatic heterocycles. The van der Waals surface area contributed by atoms with E-state index < -0.39 is 0 Å². The SMILES string of the molecule is CC1=NN(c2cccc(NC(=O)c3cnc(C4CC4)o3)c2)C(=O)C1. The van der Waals surface area contributed by atoms with E-state index in [-0.39, 0.29) is 17.6 Å². The third-order valence-corrected chi connectivity index (χ3v) is 3.94. The van der Waals surface area contributed by atoms with Crippen LogP contribution < -0.4 is 10.3 Å². The van der Waals surface area contributed by atoms with Crippen LogP contribution in [0.1, 0.15) is 48.5 Å². The third-order valence-electron chi connectivity index (χ3n) is 3.94. The van der Waals surface area contributed by atoms with Gasteiger partial charge in [0.15, 0.2) is 5.89 Å². The van der Waals surface area contributed by atoms with E-state index in [2.05, 4.69) is 15.4 Å². The fraction of sp³-hybridized carbons (Fsp3) is 0.294. The Morgan fingerprint density at radius 3 is 2.92 bits per heavy atom. The molecule has 24 heavy (non-hydrogen) atoms. The van der Waals surface area contributed by atoms with Gasteiger partial charge in [-0.3, -0.25) is 9.59 Å². The molecule has 2 aromatic rings. The topological polar surface area (TPSA) is 87.8 Å². The zero-order chi connectivity index (χ0) is 16.7. The minimum Gasteiger partial charge on any atom is -0.435 e. The Bertz CT molecular complexity index is 851. The smallest absolute Gasteiger partial charge is 0.293 e. The summed E-state index contributed by atoms with van der Waals surface area (Å²) in [4.78, 5) is 28.3. The standard InChI is InChI=1S/C17H16N4O3/c1-10-7-15(22)21(20-10)13-4-2-3-12(8-13)19-16(23)14-9-18-17(24-14)11-5-6-11/h2-4,8-9,11H,5-7H2,1H3,(H,19,23). The van der Waals surface area contributed by atoms with Crippen LogP contribution in [-0.2, 0) is 4.79 Å². The highest BCUT2D eigenvalue weighted by Gasteiger charge is 2.29. The number of nitrogens with one attached hydrogen (secondary N) is 1. The van der Waals surface area contributed by atoms with Crippen LogP contribution in [-0.4, -0.2) is 22.5 Å². The van der Waals surface area contributed by atoms with Crippen molar-refractivity contribution in [2.24, 2.45) is 5.10 Å². The lowest BCUT2D eigenvalue weighted by atomic mass is 10.2. The Morgan fingerprint density at radius 2 is 2.21 bits per heavy atom. The summed E-state index contributed by atoms with van der Waals surface area (Å²) in [6, 6.07) is 6.99. The van der Waals surface area contributed by atoms with Crippen LogP contribution >= 0.6 is 0 Å². The predicted octanol–water partition coefficient (Wildman–Crippen LogP) is 2.92. The van der Waals surface area contributed by atoms with E-state index in [0.717, 1.165) is 18.6 Å². The van der Waals surface area contributed by atoms with Crippen LogP contribution in [0.3, 0.4) is 0 Å². The number of amides is 2. The van der Waals surface area contributed by atoms with Gasteiger partial charge in [-0.2, -0.15) is 5.10 Å². The average molecular weight is 324 g/mol. The minimum atomic E-state index is -0.362. The molecule has 2 amide bonds. The first-order valence-corrected chi connectivity index (χ1v) is 7.84. The second-order valence-corrected chi connectivity index (χ2v) is 6.06. The monoisotopic (exact) mass is 324 g/mol. The summed E-state index contributed by atoms with van der Waals surface area (Å²) in [6.45, 7) is 1.81. The first kappa shape index (κ1) is 14.6. The Hall–Kier alpha value is -2.96. The maximum atomic E-state index is 12.3. The van der Waals surface area contributed by atoms with Gasteiger partial charge in [-0.25, -0.2) is 9.99 Å². The van der Waals surface area contributed by atoms with Gasteiger partial charge in [-0.15, -0.1) is 0 Å². The number of rotatable bonds is 4. The summed E-state index contributed by atoms with van der Waals surface area (Å²) < 4.78 is 5.49. The first-order valence-electron chi connectivity index (χ1n) is 7.84. The molecular formula is C17H16N4O3. The number of nitrogens with zero attached hydrogens (tertiary/aromatic N) is 3. The van der Waals surface area contributed by atoms with Crippen LogP contribution in [0.5, 0.6) is 0 Å². The van der Waals surface area contributed by atoms with Gasteiger partial charge >= 0.3 is 0 Å². The Morgan fingerprint density at radius 1 is 1.38 bits per heavy atom. The Balaban J connectivity index is 1.51.